The molecule has 0 aromatic rings. The Morgan fingerprint density at radius 1 is 1.11 bits per heavy atom. The second-order valence-electron chi connectivity index (χ2n) is 7.06. The minimum Gasteiger partial charge on any atom is -0.377 e. The van der Waals surface area contributed by atoms with E-state index in [-0.39, 0.29) is 0 Å². The zero-order valence-electron chi connectivity index (χ0n) is 13.2. The van der Waals surface area contributed by atoms with Crippen LogP contribution in [0.3, 0.4) is 0 Å². The van der Waals surface area contributed by atoms with Gasteiger partial charge in [-0.3, -0.25) is 0 Å². The number of ether oxygens (including phenoxy) is 1. The highest BCUT2D eigenvalue weighted by molar-refractivity contribution is 4.89. The summed E-state index contributed by atoms with van der Waals surface area (Å²) in [6, 6.07) is 0.602. The van der Waals surface area contributed by atoms with Crippen molar-refractivity contribution in [1.29, 1.82) is 0 Å². The van der Waals surface area contributed by atoms with E-state index in [0.717, 1.165) is 30.9 Å². The predicted octanol–water partition coefficient (Wildman–Crippen LogP) is 4.00. The molecule has 4 atom stereocenters. The Morgan fingerprint density at radius 3 is 2.42 bits per heavy atom. The van der Waals surface area contributed by atoms with Crippen molar-refractivity contribution in [3.63, 3.8) is 0 Å². The van der Waals surface area contributed by atoms with Crippen molar-refractivity contribution in [1.82, 2.24) is 5.32 Å². The van der Waals surface area contributed by atoms with Crippen LogP contribution < -0.4 is 5.32 Å². The van der Waals surface area contributed by atoms with Crippen molar-refractivity contribution < 1.29 is 4.74 Å². The first-order chi connectivity index (χ1) is 9.20. The first-order valence-corrected chi connectivity index (χ1v) is 8.55. The van der Waals surface area contributed by atoms with Crippen LogP contribution in [0.1, 0.15) is 65.7 Å². The third kappa shape index (κ3) is 4.46. The molecule has 1 aliphatic heterocycles. The Bertz CT molecular complexity index is 240. The monoisotopic (exact) mass is 267 g/mol. The molecule has 2 heteroatoms. The second kappa shape index (κ2) is 7.64. The van der Waals surface area contributed by atoms with Crippen LogP contribution in [-0.4, -0.2) is 25.3 Å². The molecule has 1 saturated heterocycles. The first kappa shape index (κ1) is 15.3. The summed E-state index contributed by atoms with van der Waals surface area (Å²) in [6.07, 6.45) is 9.78. The quantitative estimate of drug-likeness (QED) is 0.813. The fourth-order valence-corrected chi connectivity index (χ4v) is 4.26. The van der Waals surface area contributed by atoms with Crippen LogP contribution in [-0.2, 0) is 4.74 Å². The van der Waals surface area contributed by atoms with Gasteiger partial charge in [-0.15, -0.1) is 0 Å². The van der Waals surface area contributed by atoms with Crippen LogP contribution >= 0.6 is 0 Å². The molecule has 112 valence electrons. The molecule has 0 aromatic heterocycles. The van der Waals surface area contributed by atoms with Crippen molar-refractivity contribution in [3.8, 4) is 0 Å². The van der Waals surface area contributed by atoms with Crippen LogP contribution in [0.25, 0.3) is 0 Å². The molecule has 2 aliphatic rings. The van der Waals surface area contributed by atoms with Gasteiger partial charge in [-0.1, -0.05) is 20.8 Å². The summed E-state index contributed by atoms with van der Waals surface area (Å²) in [7, 11) is 0. The number of nitrogens with one attached hydrogen (secondary N) is 1. The first-order valence-electron chi connectivity index (χ1n) is 8.55. The molecule has 0 bridgehead atoms. The van der Waals surface area contributed by atoms with Crippen molar-refractivity contribution in [2.24, 2.45) is 17.8 Å². The molecule has 1 saturated carbocycles. The van der Waals surface area contributed by atoms with E-state index in [9.17, 15) is 0 Å². The van der Waals surface area contributed by atoms with Gasteiger partial charge in [0.05, 0.1) is 6.10 Å². The molecular formula is C17H33NO. The highest BCUT2D eigenvalue weighted by Crippen LogP contribution is 2.37. The molecule has 4 unspecified atom stereocenters. The molecule has 19 heavy (non-hydrogen) atoms. The minimum absolute atomic E-state index is 0.475. The van der Waals surface area contributed by atoms with Crippen LogP contribution in [0.5, 0.6) is 0 Å². The van der Waals surface area contributed by atoms with Gasteiger partial charge >= 0.3 is 0 Å². The van der Waals surface area contributed by atoms with E-state index in [0.29, 0.717) is 12.1 Å². The highest BCUT2D eigenvalue weighted by atomic mass is 16.5. The molecule has 1 aliphatic carbocycles. The molecule has 1 N–H and O–H groups in total. The van der Waals surface area contributed by atoms with E-state index in [4.69, 9.17) is 4.74 Å². The third-order valence-electron chi connectivity index (χ3n) is 4.97. The summed E-state index contributed by atoms with van der Waals surface area (Å²) in [4.78, 5) is 0. The minimum atomic E-state index is 0.475. The Kier molecular flexibility index (Phi) is 6.15. The van der Waals surface area contributed by atoms with Crippen LogP contribution in [0, 0.1) is 17.8 Å². The zero-order chi connectivity index (χ0) is 13.7. The molecular weight excluding hydrogens is 234 g/mol. The zero-order valence-corrected chi connectivity index (χ0v) is 13.2. The summed E-state index contributed by atoms with van der Waals surface area (Å²) < 4.78 is 6.10. The Labute approximate surface area is 119 Å². The standard InChI is InChI=1S/C17H33NO/c1-4-8-18-17(16-7-5-6-9-19-16)15-11-13(2)10-14(3)12-15/h13-18H,4-12H2,1-3H3. The lowest BCUT2D eigenvalue weighted by Gasteiger charge is -2.41. The fraction of sp³-hybridized carbons (Fsp3) is 1.00. The number of hydrogen-bond donors (Lipinski definition) is 1. The molecule has 0 spiro atoms. The van der Waals surface area contributed by atoms with E-state index in [1.54, 1.807) is 0 Å². The van der Waals surface area contributed by atoms with Crippen LogP contribution in [0.2, 0.25) is 0 Å². The lowest BCUT2D eigenvalue weighted by Crippen LogP contribution is -2.49. The average molecular weight is 267 g/mol. The Morgan fingerprint density at radius 2 is 1.84 bits per heavy atom. The van der Waals surface area contributed by atoms with Gasteiger partial charge in [0, 0.05) is 12.6 Å². The predicted molar refractivity (Wildman–Crippen MR) is 81.3 cm³/mol. The van der Waals surface area contributed by atoms with E-state index < -0.39 is 0 Å². The summed E-state index contributed by atoms with van der Waals surface area (Å²) in [5, 5.41) is 3.82. The molecule has 2 nitrogen and oxygen atoms in total. The lowest BCUT2D eigenvalue weighted by atomic mass is 9.72. The Hall–Kier alpha value is -0.0800. The summed E-state index contributed by atoms with van der Waals surface area (Å²) >= 11 is 0. The molecule has 0 aromatic carbocycles. The molecule has 2 fully saturated rings. The average Bonchev–Trinajstić information content (AvgIpc) is 2.39. The number of rotatable bonds is 5. The summed E-state index contributed by atoms with van der Waals surface area (Å²) in [5.41, 5.74) is 0. The summed E-state index contributed by atoms with van der Waals surface area (Å²) in [5.74, 6) is 2.61. The van der Waals surface area contributed by atoms with E-state index >= 15 is 0 Å². The van der Waals surface area contributed by atoms with Crippen LogP contribution in [0.15, 0.2) is 0 Å². The molecule has 1 heterocycles. The largest absolute Gasteiger partial charge is 0.377 e. The van der Waals surface area contributed by atoms with Gasteiger partial charge < -0.3 is 10.1 Å². The molecule has 0 radical (unpaired) electrons. The lowest BCUT2D eigenvalue weighted by molar-refractivity contribution is -0.0304. The van der Waals surface area contributed by atoms with Gasteiger partial charge in [-0.2, -0.15) is 0 Å². The number of hydrogen-bond acceptors (Lipinski definition) is 2. The SMILES string of the molecule is CCCNC(C1CC(C)CC(C)C1)C1CCCCO1. The maximum Gasteiger partial charge on any atom is 0.0730 e. The third-order valence-corrected chi connectivity index (χ3v) is 4.97. The van der Waals surface area contributed by atoms with Crippen molar-refractivity contribution in [2.75, 3.05) is 13.2 Å². The smallest absolute Gasteiger partial charge is 0.0730 e. The van der Waals surface area contributed by atoms with Crippen molar-refractivity contribution in [2.45, 2.75) is 77.9 Å². The second-order valence-corrected chi connectivity index (χ2v) is 7.06. The molecule has 0 amide bonds. The van der Waals surface area contributed by atoms with Crippen LogP contribution in [0.4, 0.5) is 0 Å². The fourth-order valence-electron chi connectivity index (χ4n) is 4.26. The maximum atomic E-state index is 6.10. The van der Waals surface area contributed by atoms with Gasteiger partial charge in [0.25, 0.3) is 0 Å². The van der Waals surface area contributed by atoms with Gasteiger partial charge in [0.2, 0.25) is 0 Å². The van der Waals surface area contributed by atoms with Gasteiger partial charge in [-0.05, 0) is 69.2 Å². The highest BCUT2D eigenvalue weighted by Gasteiger charge is 2.35. The van der Waals surface area contributed by atoms with E-state index in [1.807, 2.05) is 0 Å². The van der Waals surface area contributed by atoms with Crippen molar-refractivity contribution >= 4 is 0 Å². The van der Waals surface area contributed by atoms with Crippen molar-refractivity contribution in [3.05, 3.63) is 0 Å². The molecule has 2 rings (SSSR count). The summed E-state index contributed by atoms with van der Waals surface area (Å²) in [6.45, 7) is 9.25. The van der Waals surface area contributed by atoms with E-state index in [1.165, 1.54) is 44.9 Å². The van der Waals surface area contributed by atoms with Gasteiger partial charge in [0.15, 0.2) is 0 Å². The Balaban J connectivity index is 1.98. The van der Waals surface area contributed by atoms with E-state index in [2.05, 4.69) is 26.1 Å². The van der Waals surface area contributed by atoms with Gasteiger partial charge in [0.1, 0.15) is 0 Å². The van der Waals surface area contributed by atoms with Gasteiger partial charge in [-0.25, -0.2) is 0 Å². The normalized spacial score (nSPS) is 38.1. The maximum absolute atomic E-state index is 6.10. The topological polar surface area (TPSA) is 21.3 Å².